The minimum atomic E-state index is -0.110. The lowest BCUT2D eigenvalue weighted by atomic mass is 10.2. The van der Waals surface area contributed by atoms with Gasteiger partial charge in [-0.3, -0.25) is 4.79 Å². The van der Waals surface area contributed by atoms with E-state index in [0.717, 1.165) is 5.56 Å². The molecule has 1 aromatic carbocycles. The van der Waals surface area contributed by atoms with Gasteiger partial charge >= 0.3 is 0 Å². The molecular weight excluding hydrogens is 245 g/mol. The third-order valence-corrected chi connectivity index (χ3v) is 2.54. The van der Waals surface area contributed by atoms with E-state index < -0.39 is 0 Å². The number of alkyl halides is 1. The van der Waals surface area contributed by atoms with E-state index in [1.807, 2.05) is 18.2 Å². The van der Waals surface area contributed by atoms with Gasteiger partial charge in [0.1, 0.15) is 5.88 Å². The first-order valence-corrected chi connectivity index (χ1v) is 5.77. The molecule has 0 aromatic heterocycles. The number of benzene rings is 1. The summed E-state index contributed by atoms with van der Waals surface area (Å²) in [6, 6.07) is 7.41. The van der Waals surface area contributed by atoms with Gasteiger partial charge in [0.15, 0.2) is 0 Å². The van der Waals surface area contributed by atoms with E-state index in [1.54, 1.807) is 17.0 Å². The normalized spacial score (nSPS) is 9.88. The molecule has 1 rings (SSSR count). The van der Waals surface area contributed by atoms with E-state index in [2.05, 4.69) is 6.58 Å². The molecule has 0 heterocycles. The van der Waals surface area contributed by atoms with Gasteiger partial charge < -0.3 is 4.90 Å². The molecule has 0 saturated carbocycles. The van der Waals surface area contributed by atoms with Crippen LogP contribution in [0.25, 0.3) is 0 Å². The van der Waals surface area contributed by atoms with Crippen LogP contribution in [-0.4, -0.2) is 23.2 Å². The predicted molar refractivity (Wildman–Crippen MR) is 67.8 cm³/mol. The number of hydrogen-bond acceptors (Lipinski definition) is 1. The van der Waals surface area contributed by atoms with Gasteiger partial charge in [0, 0.05) is 18.1 Å². The Bertz CT molecular complexity index is 379. The highest BCUT2D eigenvalue weighted by atomic mass is 35.5. The van der Waals surface area contributed by atoms with Crippen LogP contribution in [-0.2, 0) is 11.3 Å². The van der Waals surface area contributed by atoms with E-state index in [9.17, 15) is 4.79 Å². The molecule has 16 heavy (non-hydrogen) atoms. The van der Waals surface area contributed by atoms with Crippen LogP contribution in [0.2, 0.25) is 5.02 Å². The zero-order valence-electron chi connectivity index (χ0n) is 8.83. The first-order chi connectivity index (χ1) is 7.67. The van der Waals surface area contributed by atoms with Gasteiger partial charge in [0.05, 0.1) is 0 Å². The highest BCUT2D eigenvalue weighted by Gasteiger charge is 2.11. The van der Waals surface area contributed by atoms with Crippen molar-refractivity contribution in [2.24, 2.45) is 0 Å². The number of carbonyl (C=O) groups excluding carboxylic acids is 1. The minimum absolute atomic E-state index is 0.0194. The van der Waals surface area contributed by atoms with Gasteiger partial charge in [-0.2, -0.15) is 0 Å². The summed E-state index contributed by atoms with van der Waals surface area (Å²) in [7, 11) is 0. The largest absolute Gasteiger partial charge is 0.334 e. The van der Waals surface area contributed by atoms with E-state index in [0.29, 0.717) is 18.1 Å². The van der Waals surface area contributed by atoms with Crippen molar-refractivity contribution in [1.82, 2.24) is 4.90 Å². The average molecular weight is 258 g/mol. The second kappa shape index (κ2) is 6.56. The summed E-state index contributed by atoms with van der Waals surface area (Å²) in [4.78, 5) is 13.1. The number of hydrogen-bond donors (Lipinski definition) is 0. The molecular formula is C12H13Cl2NO. The Morgan fingerprint density at radius 3 is 2.81 bits per heavy atom. The van der Waals surface area contributed by atoms with Crippen molar-refractivity contribution < 1.29 is 4.79 Å². The summed E-state index contributed by atoms with van der Waals surface area (Å²) in [5.41, 5.74) is 0.979. The minimum Gasteiger partial charge on any atom is -0.334 e. The fourth-order valence-electron chi connectivity index (χ4n) is 1.35. The van der Waals surface area contributed by atoms with Crippen LogP contribution in [0.1, 0.15) is 5.56 Å². The molecule has 0 aliphatic rings. The fraction of sp³-hybridized carbons (Fsp3) is 0.250. The summed E-state index contributed by atoms with van der Waals surface area (Å²) < 4.78 is 0. The smallest absolute Gasteiger partial charge is 0.238 e. The van der Waals surface area contributed by atoms with Crippen LogP contribution in [0.5, 0.6) is 0 Å². The number of nitrogens with zero attached hydrogens (tertiary/aromatic N) is 1. The standard InChI is InChI=1S/C12H13Cl2NO/c1-2-6-15(12(16)8-13)9-10-4-3-5-11(14)7-10/h2-5,7H,1,6,8-9H2. The molecule has 0 atom stereocenters. The van der Waals surface area contributed by atoms with Crippen molar-refractivity contribution in [3.05, 3.63) is 47.5 Å². The molecule has 0 aliphatic carbocycles. The second-order valence-electron chi connectivity index (χ2n) is 3.33. The number of rotatable bonds is 5. The highest BCUT2D eigenvalue weighted by molar-refractivity contribution is 6.30. The SMILES string of the molecule is C=CCN(Cc1cccc(Cl)c1)C(=O)CCl. The van der Waals surface area contributed by atoms with Crippen molar-refractivity contribution in [2.75, 3.05) is 12.4 Å². The fourth-order valence-corrected chi connectivity index (χ4v) is 1.73. The maximum Gasteiger partial charge on any atom is 0.238 e. The molecule has 0 aliphatic heterocycles. The van der Waals surface area contributed by atoms with Crippen LogP contribution >= 0.6 is 23.2 Å². The van der Waals surface area contributed by atoms with Crippen molar-refractivity contribution in [2.45, 2.75) is 6.54 Å². The monoisotopic (exact) mass is 257 g/mol. The summed E-state index contributed by atoms with van der Waals surface area (Å²) in [5.74, 6) is -0.129. The third kappa shape index (κ3) is 3.87. The highest BCUT2D eigenvalue weighted by Crippen LogP contribution is 2.13. The average Bonchev–Trinajstić information content (AvgIpc) is 2.27. The van der Waals surface area contributed by atoms with Crippen LogP contribution in [0.15, 0.2) is 36.9 Å². The number of amides is 1. The van der Waals surface area contributed by atoms with Crippen molar-refractivity contribution in [3.63, 3.8) is 0 Å². The van der Waals surface area contributed by atoms with Crippen molar-refractivity contribution in [1.29, 1.82) is 0 Å². The van der Waals surface area contributed by atoms with E-state index in [1.165, 1.54) is 0 Å². The van der Waals surface area contributed by atoms with Gasteiger partial charge in [0.25, 0.3) is 0 Å². The van der Waals surface area contributed by atoms with Crippen LogP contribution in [0, 0.1) is 0 Å². The molecule has 0 N–H and O–H groups in total. The maximum atomic E-state index is 11.5. The summed E-state index contributed by atoms with van der Waals surface area (Å²) in [6.45, 7) is 4.60. The molecule has 4 heteroatoms. The second-order valence-corrected chi connectivity index (χ2v) is 4.03. The molecule has 0 bridgehead atoms. The lowest BCUT2D eigenvalue weighted by Gasteiger charge is -2.20. The Kier molecular flexibility index (Phi) is 5.36. The molecule has 0 fully saturated rings. The van der Waals surface area contributed by atoms with Gasteiger partial charge in [0.2, 0.25) is 5.91 Å². The molecule has 0 radical (unpaired) electrons. The number of carbonyl (C=O) groups is 1. The lowest BCUT2D eigenvalue weighted by Crippen LogP contribution is -2.31. The Hall–Kier alpha value is -0.990. The summed E-state index contributed by atoms with van der Waals surface area (Å²) in [5, 5.41) is 0.661. The van der Waals surface area contributed by atoms with E-state index in [4.69, 9.17) is 23.2 Å². The van der Waals surface area contributed by atoms with E-state index >= 15 is 0 Å². The van der Waals surface area contributed by atoms with Gasteiger partial charge in [-0.25, -0.2) is 0 Å². The first-order valence-electron chi connectivity index (χ1n) is 4.86. The van der Waals surface area contributed by atoms with Crippen molar-refractivity contribution in [3.8, 4) is 0 Å². The molecule has 0 saturated heterocycles. The van der Waals surface area contributed by atoms with Crippen LogP contribution in [0.4, 0.5) is 0 Å². The zero-order chi connectivity index (χ0) is 12.0. The van der Waals surface area contributed by atoms with Crippen molar-refractivity contribution >= 4 is 29.1 Å². The Balaban J connectivity index is 2.74. The molecule has 0 unspecified atom stereocenters. The van der Waals surface area contributed by atoms with Crippen LogP contribution in [0.3, 0.4) is 0 Å². The van der Waals surface area contributed by atoms with Gasteiger partial charge in [-0.1, -0.05) is 29.8 Å². The molecule has 2 nitrogen and oxygen atoms in total. The quantitative estimate of drug-likeness (QED) is 0.587. The summed E-state index contributed by atoms with van der Waals surface area (Å²) in [6.07, 6.45) is 1.68. The topological polar surface area (TPSA) is 20.3 Å². The van der Waals surface area contributed by atoms with Crippen LogP contribution < -0.4 is 0 Å². The maximum absolute atomic E-state index is 11.5. The van der Waals surface area contributed by atoms with Gasteiger partial charge in [-0.15, -0.1) is 18.2 Å². The molecule has 86 valence electrons. The molecule has 1 amide bonds. The summed E-state index contributed by atoms with van der Waals surface area (Å²) >= 11 is 11.4. The van der Waals surface area contributed by atoms with E-state index in [-0.39, 0.29) is 11.8 Å². The number of halogens is 2. The lowest BCUT2D eigenvalue weighted by molar-refractivity contribution is -0.128. The third-order valence-electron chi connectivity index (χ3n) is 2.08. The first kappa shape index (κ1) is 13.1. The molecule has 1 aromatic rings. The Morgan fingerprint density at radius 1 is 1.50 bits per heavy atom. The zero-order valence-corrected chi connectivity index (χ0v) is 10.3. The molecule has 0 spiro atoms. The van der Waals surface area contributed by atoms with Gasteiger partial charge in [-0.05, 0) is 17.7 Å². The predicted octanol–water partition coefficient (Wildman–Crippen LogP) is 3.09. The Morgan fingerprint density at radius 2 is 2.25 bits per heavy atom. The Labute approximate surface area is 105 Å².